The average molecular weight is 338 g/mol. The topological polar surface area (TPSA) is 64.7 Å². The maximum Gasteiger partial charge on any atom is 0.317 e. The third kappa shape index (κ3) is 5.96. The van der Waals surface area contributed by atoms with Crippen molar-refractivity contribution in [3.8, 4) is 0 Å². The molecule has 6 nitrogen and oxygen atoms in total. The lowest BCUT2D eigenvalue weighted by molar-refractivity contribution is -0.126. The molecule has 0 unspecified atom stereocenters. The molecule has 2 aliphatic heterocycles. The Balaban J connectivity index is 1.58. The highest BCUT2D eigenvalue weighted by atomic mass is 16.2. The lowest BCUT2D eigenvalue weighted by Crippen LogP contribution is -2.48. The molecule has 2 N–H and O–H groups in total. The summed E-state index contributed by atoms with van der Waals surface area (Å²) in [6, 6.07) is 0.211. The van der Waals surface area contributed by atoms with Gasteiger partial charge in [0.05, 0.1) is 0 Å². The monoisotopic (exact) mass is 338 g/mol. The fourth-order valence-corrected chi connectivity index (χ4v) is 3.41. The summed E-state index contributed by atoms with van der Waals surface area (Å²) in [6.07, 6.45) is 6.13. The van der Waals surface area contributed by atoms with Crippen LogP contribution >= 0.6 is 0 Å². The van der Waals surface area contributed by atoms with Crippen LogP contribution in [0.15, 0.2) is 0 Å². The van der Waals surface area contributed by atoms with Crippen LogP contribution in [0.2, 0.25) is 0 Å². The summed E-state index contributed by atoms with van der Waals surface area (Å²) in [5.41, 5.74) is 0. The lowest BCUT2D eigenvalue weighted by Gasteiger charge is -2.32. The zero-order valence-corrected chi connectivity index (χ0v) is 15.4. The highest BCUT2D eigenvalue weighted by Crippen LogP contribution is 2.17. The molecule has 138 valence electrons. The van der Waals surface area contributed by atoms with Crippen molar-refractivity contribution < 1.29 is 9.59 Å². The van der Waals surface area contributed by atoms with Gasteiger partial charge < -0.3 is 20.4 Å². The van der Waals surface area contributed by atoms with E-state index in [0.29, 0.717) is 13.1 Å². The Morgan fingerprint density at radius 3 is 2.42 bits per heavy atom. The van der Waals surface area contributed by atoms with Crippen molar-refractivity contribution in [1.82, 2.24) is 20.4 Å². The van der Waals surface area contributed by atoms with Crippen molar-refractivity contribution in [2.75, 3.05) is 39.3 Å². The first kappa shape index (κ1) is 19.0. The Kier molecular flexibility index (Phi) is 7.82. The average Bonchev–Trinajstić information content (AvgIpc) is 3.12. The molecule has 0 aliphatic carbocycles. The van der Waals surface area contributed by atoms with Crippen LogP contribution in [0, 0.1) is 5.92 Å². The summed E-state index contributed by atoms with van der Waals surface area (Å²) in [5, 5.41) is 6.07. The Labute approximate surface area is 146 Å². The molecule has 0 aromatic rings. The predicted octanol–water partition coefficient (Wildman–Crippen LogP) is 1.81. The van der Waals surface area contributed by atoms with Crippen LogP contribution in [0.5, 0.6) is 0 Å². The standard InChI is InChI=1S/C18H34N4O2/c1-3-15(2)20-18(24)22-13-7-16(8-14-22)17(23)19-9-6-12-21-10-4-5-11-21/h15-16H,3-14H2,1-2H3,(H,19,23)(H,20,24)/t15-/m1/s1. The van der Waals surface area contributed by atoms with Gasteiger partial charge in [0.25, 0.3) is 0 Å². The number of nitrogens with zero attached hydrogens (tertiary/aromatic N) is 2. The molecule has 0 bridgehead atoms. The number of urea groups is 1. The van der Waals surface area contributed by atoms with Gasteiger partial charge in [-0.25, -0.2) is 4.79 Å². The van der Waals surface area contributed by atoms with Gasteiger partial charge in [0, 0.05) is 31.6 Å². The molecular weight excluding hydrogens is 304 g/mol. The van der Waals surface area contributed by atoms with Crippen molar-refractivity contribution in [2.45, 2.75) is 58.4 Å². The van der Waals surface area contributed by atoms with E-state index in [2.05, 4.69) is 22.5 Å². The second-order valence-corrected chi connectivity index (χ2v) is 7.21. The lowest BCUT2D eigenvalue weighted by atomic mass is 9.96. The number of nitrogens with one attached hydrogen (secondary N) is 2. The van der Waals surface area contributed by atoms with Gasteiger partial charge in [0.2, 0.25) is 5.91 Å². The van der Waals surface area contributed by atoms with Crippen LogP contribution in [0.1, 0.15) is 52.4 Å². The minimum atomic E-state index is 0.00817. The molecule has 3 amide bonds. The highest BCUT2D eigenvalue weighted by Gasteiger charge is 2.27. The summed E-state index contributed by atoms with van der Waals surface area (Å²) < 4.78 is 0. The molecule has 1 atom stereocenters. The zero-order valence-electron chi connectivity index (χ0n) is 15.4. The molecule has 6 heteroatoms. The van der Waals surface area contributed by atoms with Gasteiger partial charge in [-0.05, 0) is 65.1 Å². The first-order valence-electron chi connectivity index (χ1n) is 9.65. The molecule has 0 aromatic carbocycles. The van der Waals surface area contributed by atoms with Crippen molar-refractivity contribution in [1.29, 1.82) is 0 Å². The molecule has 0 radical (unpaired) electrons. The normalized spacial score (nSPS) is 20.8. The van der Waals surface area contributed by atoms with E-state index in [1.165, 1.54) is 25.9 Å². The fourth-order valence-electron chi connectivity index (χ4n) is 3.41. The summed E-state index contributed by atoms with van der Waals surface area (Å²) in [7, 11) is 0. The second kappa shape index (κ2) is 9.87. The number of carbonyl (C=O) groups excluding carboxylic acids is 2. The maximum atomic E-state index is 12.3. The number of hydrogen-bond donors (Lipinski definition) is 2. The van der Waals surface area contributed by atoms with Gasteiger partial charge in [0.1, 0.15) is 0 Å². The number of hydrogen-bond acceptors (Lipinski definition) is 3. The molecule has 24 heavy (non-hydrogen) atoms. The second-order valence-electron chi connectivity index (χ2n) is 7.21. The molecule has 2 saturated heterocycles. The van der Waals surface area contributed by atoms with Crippen molar-refractivity contribution in [3.63, 3.8) is 0 Å². The van der Waals surface area contributed by atoms with E-state index < -0.39 is 0 Å². The van der Waals surface area contributed by atoms with E-state index in [0.717, 1.165) is 38.8 Å². The Hall–Kier alpha value is -1.30. The van der Waals surface area contributed by atoms with Crippen LogP contribution in [0.25, 0.3) is 0 Å². The molecule has 2 aliphatic rings. The number of likely N-dealkylation sites (tertiary alicyclic amines) is 2. The quantitative estimate of drug-likeness (QED) is 0.696. The molecule has 0 spiro atoms. The van der Waals surface area contributed by atoms with Crippen LogP contribution in [0.4, 0.5) is 4.79 Å². The van der Waals surface area contributed by atoms with Gasteiger partial charge >= 0.3 is 6.03 Å². The number of rotatable bonds is 7. The number of piperidine rings is 1. The van der Waals surface area contributed by atoms with Gasteiger partial charge in [-0.2, -0.15) is 0 Å². The van der Waals surface area contributed by atoms with Crippen LogP contribution in [-0.2, 0) is 4.79 Å². The van der Waals surface area contributed by atoms with Gasteiger partial charge in [-0.3, -0.25) is 4.79 Å². The first-order chi connectivity index (χ1) is 11.6. The van der Waals surface area contributed by atoms with Crippen molar-refractivity contribution in [3.05, 3.63) is 0 Å². The van der Waals surface area contributed by atoms with Crippen LogP contribution in [-0.4, -0.2) is 67.0 Å². The van der Waals surface area contributed by atoms with Crippen molar-refractivity contribution >= 4 is 11.9 Å². The highest BCUT2D eigenvalue weighted by molar-refractivity contribution is 5.79. The van der Waals surface area contributed by atoms with Gasteiger partial charge in [-0.15, -0.1) is 0 Å². The minimum absolute atomic E-state index is 0.00817. The predicted molar refractivity (Wildman–Crippen MR) is 95.9 cm³/mol. The first-order valence-corrected chi connectivity index (χ1v) is 9.65. The number of carbonyl (C=O) groups is 2. The Bertz CT molecular complexity index is 402. The third-order valence-electron chi connectivity index (χ3n) is 5.28. The van der Waals surface area contributed by atoms with E-state index >= 15 is 0 Å². The smallest absolute Gasteiger partial charge is 0.317 e. The molecule has 2 fully saturated rings. The van der Waals surface area contributed by atoms with E-state index in [1.54, 1.807) is 0 Å². The summed E-state index contributed by atoms with van der Waals surface area (Å²) in [5.74, 6) is 0.225. The zero-order chi connectivity index (χ0) is 17.4. The summed E-state index contributed by atoms with van der Waals surface area (Å²) in [6.45, 7) is 9.71. The van der Waals surface area contributed by atoms with E-state index in [9.17, 15) is 9.59 Å². The molecule has 2 rings (SSSR count). The van der Waals surface area contributed by atoms with Gasteiger partial charge in [0.15, 0.2) is 0 Å². The van der Waals surface area contributed by atoms with E-state index in [1.807, 2.05) is 11.8 Å². The summed E-state index contributed by atoms with van der Waals surface area (Å²) >= 11 is 0. The number of amides is 3. The molecule has 2 heterocycles. The third-order valence-corrected chi connectivity index (χ3v) is 5.28. The van der Waals surface area contributed by atoms with Crippen LogP contribution < -0.4 is 10.6 Å². The van der Waals surface area contributed by atoms with E-state index in [4.69, 9.17) is 0 Å². The largest absolute Gasteiger partial charge is 0.356 e. The Morgan fingerprint density at radius 1 is 1.12 bits per heavy atom. The van der Waals surface area contributed by atoms with Crippen LogP contribution in [0.3, 0.4) is 0 Å². The van der Waals surface area contributed by atoms with Crippen molar-refractivity contribution in [2.24, 2.45) is 5.92 Å². The molecular formula is C18H34N4O2. The maximum absolute atomic E-state index is 12.3. The fraction of sp³-hybridized carbons (Fsp3) is 0.889. The molecule has 0 aromatic heterocycles. The molecule has 0 saturated carbocycles. The minimum Gasteiger partial charge on any atom is -0.356 e. The van der Waals surface area contributed by atoms with Gasteiger partial charge in [-0.1, -0.05) is 6.92 Å². The van der Waals surface area contributed by atoms with E-state index in [-0.39, 0.29) is 23.9 Å². The Morgan fingerprint density at radius 2 is 1.79 bits per heavy atom. The SMILES string of the molecule is CC[C@@H](C)NC(=O)N1CCC(C(=O)NCCCN2CCCC2)CC1. The summed E-state index contributed by atoms with van der Waals surface area (Å²) in [4.78, 5) is 28.7.